The molecule has 1 aromatic rings. The molecule has 1 rings (SSSR count). The number of likely N-dealkylation sites (N-methyl/N-ethyl adjacent to an activating group) is 1. The highest BCUT2D eigenvalue weighted by atomic mass is 19.1. The minimum Gasteiger partial charge on any atom is -0.479 e. The van der Waals surface area contributed by atoms with Crippen molar-refractivity contribution in [2.24, 2.45) is 0 Å². The van der Waals surface area contributed by atoms with Crippen molar-refractivity contribution in [3.63, 3.8) is 0 Å². The zero-order chi connectivity index (χ0) is 12.3. The van der Waals surface area contributed by atoms with Gasteiger partial charge in [0.2, 0.25) is 6.41 Å². The smallest absolute Gasteiger partial charge is 0.334 e. The number of halogens is 1. The van der Waals surface area contributed by atoms with Crippen LogP contribution in [0.3, 0.4) is 0 Å². The molecule has 16 heavy (non-hydrogen) atoms. The number of carboxylic acids is 1. The summed E-state index contributed by atoms with van der Waals surface area (Å²) in [5.41, 5.74) is -1.75. The molecule has 0 aromatic heterocycles. The number of aliphatic carboxylic acids is 1. The van der Waals surface area contributed by atoms with Crippen LogP contribution in [0, 0.1) is 5.82 Å². The van der Waals surface area contributed by atoms with E-state index < -0.39 is 17.3 Å². The number of carbonyl (C=O) groups is 2. The van der Waals surface area contributed by atoms with E-state index in [1.165, 1.54) is 32.2 Å². The van der Waals surface area contributed by atoms with Crippen molar-refractivity contribution in [3.05, 3.63) is 35.6 Å². The Hall–Kier alpha value is -1.91. The van der Waals surface area contributed by atoms with Gasteiger partial charge in [0.15, 0.2) is 5.54 Å². The van der Waals surface area contributed by atoms with Crippen molar-refractivity contribution in [2.45, 2.75) is 12.5 Å². The van der Waals surface area contributed by atoms with E-state index in [-0.39, 0.29) is 5.56 Å². The van der Waals surface area contributed by atoms with Crippen LogP contribution >= 0.6 is 0 Å². The van der Waals surface area contributed by atoms with Crippen molar-refractivity contribution >= 4 is 12.4 Å². The van der Waals surface area contributed by atoms with Gasteiger partial charge in [-0.25, -0.2) is 9.18 Å². The number of benzene rings is 1. The third kappa shape index (κ3) is 1.76. The van der Waals surface area contributed by atoms with E-state index in [2.05, 4.69) is 0 Å². The Morgan fingerprint density at radius 3 is 2.50 bits per heavy atom. The van der Waals surface area contributed by atoms with Gasteiger partial charge in [-0.15, -0.1) is 0 Å². The highest BCUT2D eigenvalue weighted by Crippen LogP contribution is 2.28. The average molecular weight is 225 g/mol. The molecule has 0 aliphatic heterocycles. The van der Waals surface area contributed by atoms with Gasteiger partial charge >= 0.3 is 5.97 Å². The number of rotatable bonds is 4. The Labute approximate surface area is 92.3 Å². The monoisotopic (exact) mass is 225 g/mol. The summed E-state index contributed by atoms with van der Waals surface area (Å²) < 4.78 is 13.5. The van der Waals surface area contributed by atoms with Crippen LogP contribution in [0.25, 0.3) is 0 Å². The Morgan fingerprint density at radius 2 is 2.06 bits per heavy atom. The van der Waals surface area contributed by atoms with Crippen LogP contribution in [0.2, 0.25) is 0 Å². The van der Waals surface area contributed by atoms with E-state index >= 15 is 0 Å². The highest BCUT2D eigenvalue weighted by Gasteiger charge is 2.41. The van der Waals surface area contributed by atoms with Gasteiger partial charge in [0.1, 0.15) is 5.82 Å². The SMILES string of the molecule is CN(C=O)C(C)(C(=O)O)c1ccccc1F. The zero-order valence-electron chi connectivity index (χ0n) is 8.98. The topological polar surface area (TPSA) is 57.6 Å². The first-order valence-electron chi connectivity index (χ1n) is 4.61. The average Bonchev–Trinajstić information content (AvgIpc) is 2.27. The van der Waals surface area contributed by atoms with Crippen LogP contribution in [0.15, 0.2) is 24.3 Å². The molecule has 0 saturated heterocycles. The van der Waals surface area contributed by atoms with Crippen LogP contribution in [-0.4, -0.2) is 29.4 Å². The van der Waals surface area contributed by atoms with E-state index in [0.717, 1.165) is 11.0 Å². The largest absolute Gasteiger partial charge is 0.479 e. The minimum absolute atomic E-state index is 0.0444. The van der Waals surface area contributed by atoms with Crippen LogP contribution < -0.4 is 0 Å². The standard InChI is InChI=1S/C11H12FNO3/c1-11(10(15)16,13(2)7-14)8-5-3-4-6-9(8)12/h3-7H,1-2H3,(H,15,16). The lowest BCUT2D eigenvalue weighted by Gasteiger charge is -2.32. The summed E-state index contributed by atoms with van der Waals surface area (Å²) in [7, 11) is 1.30. The molecular formula is C11H12FNO3. The second-order valence-corrected chi connectivity index (χ2v) is 3.57. The third-order valence-electron chi connectivity index (χ3n) is 2.68. The van der Waals surface area contributed by atoms with Gasteiger partial charge in [-0.1, -0.05) is 18.2 Å². The summed E-state index contributed by atoms with van der Waals surface area (Å²) in [5.74, 6) is -1.94. The summed E-state index contributed by atoms with van der Waals surface area (Å²) in [6, 6.07) is 5.50. The maximum Gasteiger partial charge on any atom is 0.334 e. The predicted octanol–water partition coefficient (Wildman–Crippen LogP) is 1.21. The lowest BCUT2D eigenvalue weighted by molar-refractivity contribution is -0.153. The Kier molecular flexibility index (Phi) is 3.27. The van der Waals surface area contributed by atoms with Crippen molar-refractivity contribution in [3.8, 4) is 0 Å². The van der Waals surface area contributed by atoms with Crippen molar-refractivity contribution in [2.75, 3.05) is 7.05 Å². The minimum atomic E-state index is -1.70. The van der Waals surface area contributed by atoms with Crippen LogP contribution in [0.4, 0.5) is 4.39 Å². The van der Waals surface area contributed by atoms with Crippen LogP contribution in [0.5, 0.6) is 0 Å². The maximum atomic E-state index is 13.5. The fraction of sp³-hybridized carbons (Fsp3) is 0.273. The summed E-state index contributed by atoms with van der Waals surface area (Å²) in [5, 5.41) is 9.14. The molecule has 4 nitrogen and oxygen atoms in total. The molecular weight excluding hydrogens is 213 g/mol. The third-order valence-corrected chi connectivity index (χ3v) is 2.68. The number of nitrogens with zero attached hydrogens (tertiary/aromatic N) is 1. The van der Waals surface area contributed by atoms with E-state index in [1.54, 1.807) is 0 Å². The second-order valence-electron chi connectivity index (χ2n) is 3.57. The second kappa shape index (κ2) is 4.30. The number of hydrogen-bond donors (Lipinski definition) is 1. The highest BCUT2D eigenvalue weighted by molar-refractivity contribution is 5.82. The van der Waals surface area contributed by atoms with E-state index in [1.807, 2.05) is 0 Å². The molecule has 0 fully saturated rings. The molecule has 0 bridgehead atoms. The molecule has 0 saturated carbocycles. The lowest BCUT2D eigenvalue weighted by Crippen LogP contribution is -2.47. The van der Waals surface area contributed by atoms with Gasteiger partial charge in [0.05, 0.1) is 0 Å². The molecule has 0 aliphatic carbocycles. The summed E-state index contributed by atoms with van der Waals surface area (Å²) in [4.78, 5) is 22.8. The van der Waals surface area contributed by atoms with Crippen molar-refractivity contribution in [1.82, 2.24) is 4.90 Å². The number of carboxylic acid groups (broad SMARTS) is 1. The fourth-order valence-electron chi connectivity index (χ4n) is 1.42. The Balaban J connectivity index is 3.39. The van der Waals surface area contributed by atoms with Gasteiger partial charge in [-0.2, -0.15) is 0 Å². The molecule has 0 spiro atoms. The quantitative estimate of drug-likeness (QED) is 0.783. The Bertz CT molecular complexity index is 421. The van der Waals surface area contributed by atoms with Crippen LogP contribution in [0.1, 0.15) is 12.5 Å². The molecule has 1 unspecified atom stereocenters. The molecule has 5 heteroatoms. The first kappa shape index (κ1) is 12.2. The van der Waals surface area contributed by atoms with Gasteiger partial charge < -0.3 is 10.0 Å². The van der Waals surface area contributed by atoms with Gasteiger partial charge in [0, 0.05) is 12.6 Å². The molecule has 0 heterocycles. The first-order valence-corrected chi connectivity index (χ1v) is 4.61. The van der Waals surface area contributed by atoms with Gasteiger partial charge in [-0.05, 0) is 13.0 Å². The summed E-state index contributed by atoms with van der Waals surface area (Å²) >= 11 is 0. The normalized spacial score (nSPS) is 13.9. The van der Waals surface area contributed by atoms with E-state index in [4.69, 9.17) is 5.11 Å². The van der Waals surface area contributed by atoms with E-state index in [9.17, 15) is 14.0 Å². The Morgan fingerprint density at radius 1 is 1.50 bits per heavy atom. The van der Waals surface area contributed by atoms with Crippen LogP contribution in [-0.2, 0) is 15.1 Å². The van der Waals surface area contributed by atoms with E-state index in [0.29, 0.717) is 6.41 Å². The molecule has 1 amide bonds. The number of carbonyl (C=O) groups excluding carboxylic acids is 1. The van der Waals surface area contributed by atoms with Gasteiger partial charge in [0.25, 0.3) is 0 Å². The number of amides is 1. The molecule has 1 aromatic carbocycles. The lowest BCUT2D eigenvalue weighted by atomic mass is 9.90. The maximum absolute atomic E-state index is 13.5. The molecule has 1 atom stereocenters. The molecule has 86 valence electrons. The molecule has 0 radical (unpaired) electrons. The molecule has 0 aliphatic rings. The zero-order valence-corrected chi connectivity index (χ0v) is 8.98. The molecule has 1 N–H and O–H groups in total. The number of hydrogen-bond acceptors (Lipinski definition) is 2. The fourth-order valence-corrected chi connectivity index (χ4v) is 1.42. The summed E-state index contributed by atoms with van der Waals surface area (Å²) in [6.07, 6.45) is 0.362. The van der Waals surface area contributed by atoms with Gasteiger partial charge in [-0.3, -0.25) is 4.79 Å². The van der Waals surface area contributed by atoms with Crippen molar-refractivity contribution in [1.29, 1.82) is 0 Å². The summed E-state index contributed by atoms with van der Waals surface area (Å²) in [6.45, 7) is 1.28. The first-order chi connectivity index (χ1) is 7.44. The van der Waals surface area contributed by atoms with Crippen molar-refractivity contribution < 1.29 is 19.1 Å². The predicted molar refractivity (Wildman–Crippen MR) is 55.2 cm³/mol.